The average Bonchev–Trinajstić information content (AvgIpc) is 3.15. The van der Waals surface area contributed by atoms with Crippen molar-refractivity contribution in [2.45, 2.75) is 26.2 Å². The third-order valence-electron chi connectivity index (χ3n) is 3.66. The molecule has 25 heavy (non-hydrogen) atoms. The third kappa shape index (κ3) is 4.21. The van der Waals surface area contributed by atoms with Gasteiger partial charge in [-0.1, -0.05) is 25.5 Å². The van der Waals surface area contributed by atoms with Gasteiger partial charge in [0.2, 0.25) is 0 Å². The molecule has 0 bridgehead atoms. The van der Waals surface area contributed by atoms with Gasteiger partial charge in [-0.3, -0.25) is 0 Å². The molecule has 3 aromatic rings. The monoisotopic (exact) mass is 344 g/mol. The van der Waals surface area contributed by atoms with Crippen molar-refractivity contribution < 1.29 is 13.9 Å². The van der Waals surface area contributed by atoms with Crippen LogP contribution in [0.25, 0.3) is 22.4 Å². The summed E-state index contributed by atoms with van der Waals surface area (Å²) in [6.45, 7) is 4.05. The first kappa shape index (κ1) is 17.1. The fraction of sp³-hybridized carbons (Fsp3) is 0.412. The number of fused-ring (bicyclic) bond motifs is 1. The quantitative estimate of drug-likeness (QED) is 0.470. The molecule has 2 heterocycles. The van der Waals surface area contributed by atoms with E-state index in [0.29, 0.717) is 24.5 Å². The Morgan fingerprint density at radius 2 is 2.08 bits per heavy atom. The standard InChI is InChI=1S/C17H20N4O4/c1-2-3-8-23-9-5-10-24-14-7-4-6-12-11-13(16-18-20-21-19-16)17(22)25-15(12)14/h4,6-7,11H,2-3,5,8-10H2,1H3,(H,18,19,20,21). The van der Waals surface area contributed by atoms with Crippen LogP contribution >= 0.6 is 0 Å². The van der Waals surface area contributed by atoms with Gasteiger partial charge in [0.25, 0.3) is 0 Å². The largest absolute Gasteiger partial charge is 0.490 e. The predicted octanol–water partition coefficient (Wildman–Crippen LogP) is 2.56. The Kier molecular flexibility index (Phi) is 5.73. The van der Waals surface area contributed by atoms with Gasteiger partial charge in [-0.25, -0.2) is 9.89 Å². The molecule has 0 atom stereocenters. The summed E-state index contributed by atoms with van der Waals surface area (Å²) in [5.41, 5.74) is 0.166. The molecule has 3 rings (SSSR count). The average molecular weight is 344 g/mol. The van der Waals surface area contributed by atoms with Gasteiger partial charge in [0.05, 0.1) is 6.61 Å². The summed E-state index contributed by atoms with van der Waals surface area (Å²) >= 11 is 0. The van der Waals surface area contributed by atoms with Gasteiger partial charge in [-0.2, -0.15) is 0 Å². The van der Waals surface area contributed by atoms with E-state index in [-0.39, 0.29) is 11.4 Å². The minimum Gasteiger partial charge on any atom is -0.490 e. The Morgan fingerprint density at radius 1 is 1.20 bits per heavy atom. The number of aromatic nitrogens is 4. The molecule has 1 N–H and O–H groups in total. The molecule has 0 saturated carbocycles. The van der Waals surface area contributed by atoms with E-state index in [1.807, 2.05) is 12.1 Å². The molecule has 2 aromatic heterocycles. The lowest BCUT2D eigenvalue weighted by molar-refractivity contribution is 0.117. The van der Waals surface area contributed by atoms with Crippen molar-refractivity contribution in [3.8, 4) is 17.1 Å². The molecule has 0 unspecified atom stereocenters. The summed E-state index contributed by atoms with van der Waals surface area (Å²) in [5.74, 6) is 0.802. The Labute approximate surface area is 144 Å². The van der Waals surface area contributed by atoms with E-state index in [9.17, 15) is 4.79 Å². The minimum absolute atomic E-state index is 0.270. The van der Waals surface area contributed by atoms with Gasteiger partial charge >= 0.3 is 5.63 Å². The molecule has 8 nitrogen and oxygen atoms in total. The lowest BCUT2D eigenvalue weighted by Gasteiger charge is -2.09. The number of H-pyrrole nitrogens is 1. The van der Waals surface area contributed by atoms with E-state index < -0.39 is 5.63 Å². The zero-order valence-electron chi connectivity index (χ0n) is 14.0. The number of hydrogen-bond donors (Lipinski definition) is 1. The Bertz CT molecular complexity index is 861. The van der Waals surface area contributed by atoms with Gasteiger partial charge in [-0.05, 0) is 29.0 Å². The van der Waals surface area contributed by atoms with Crippen molar-refractivity contribution >= 4 is 11.0 Å². The number of aromatic amines is 1. The number of tetrazole rings is 1. The van der Waals surface area contributed by atoms with Gasteiger partial charge in [-0.15, -0.1) is 5.10 Å². The third-order valence-corrected chi connectivity index (χ3v) is 3.66. The van der Waals surface area contributed by atoms with Crippen LogP contribution < -0.4 is 10.4 Å². The number of unbranched alkanes of at least 4 members (excludes halogenated alkanes) is 1. The SMILES string of the molecule is CCCCOCCCOc1cccc2cc(-c3nnn[nH]3)c(=O)oc12. The molecule has 132 valence electrons. The second-order valence-electron chi connectivity index (χ2n) is 5.54. The van der Waals surface area contributed by atoms with Crippen LogP contribution in [-0.4, -0.2) is 40.4 Å². The highest BCUT2D eigenvalue weighted by Crippen LogP contribution is 2.26. The van der Waals surface area contributed by atoms with E-state index in [2.05, 4.69) is 27.5 Å². The van der Waals surface area contributed by atoms with Crippen molar-refractivity contribution in [1.82, 2.24) is 20.6 Å². The zero-order chi connectivity index (χ0) is 17.5. The van der Waals surface area contributed by atoms with Crippen LogP contribution in [0.2, 0.25) is 0 Å². The van der Waals surface area contributed by atoms with Gasteiger partial charge in [0, 0.05) is 25.0 Å². The lowest BCUT2D eigenvalue weighted by atomic mass is 10.1. The maximum atomic E-state index is 12.2. The molecular formula is C17H20N4O4. The first-order valence-corrected chi connectivity index (χ1v) is 8.31. The molecule has 0 spiro atoms. The lowest BCUT2D eigenvalue weighted by Crippen LogP contribution is -2.06. The molecule has 0 aliphatic heterocycles. The van der Waals surface area contributed by atoms with Crippen LogP contribution in [0.3, 0.4) is 0 Å². The van der Waals surface area contributed by atoms with Crippen molar-refractivity contribution in [2.75, 3.05) is 19.8 Å². The fourth-order valence-corrected chi connectivity index (χ4v) is 2.36. The number of nitrogens with one attached hydrogen (secondary N) is 1. The zero-order valence-corrected chi connectivity index (χ0v) is 14.0. The minimum atomic E-state index is -0.523. The normalized spacial score (nSPS) is 11.1. The topological polar surface area (TPSA) is 103 Å². The van der Waals surface area contributed by atoms with E-state index in [1.54, 1.807) is 12.1 Å². The van der Waals surface area contributed by atoms with Gasteiger partial charge < -0.3 is 13.9 Å². The second kappa shape index (κ2) is 8.39. The van der Waals surface area contributed by atoms with Crippen molar-refractivity contribution in [2.24, 2.45) is 0 Å². The van der Waals surface area contributed by atoms with E-state index >= 15 is 0 Å². The second-order valence-corrected chi connectivity index (χ2v) is 5.54. The Hall–Kier alpha value is -2.74. The van der Waals surface area contributed by atoms with Crippen molar-refractivity contribution in [1.29, 1.82) is 0 Å². The number of para-hydroxylation sites is 1. The first-order chi connectivity index (χ1) is 12.3. The molecule has 8 heteroatoms. The number of benzene rings is 1. The summed E-state index contributed by atoms with van der Waals surface area (Å²) < 4.78 is 16.7. The number of ether oxygens (including phenoxy) is 2. The van der Waals surface area contributed by atoms with Gasteiger partial charge in [0.15, 0.2) is 17.2 Å². The maximum Gasteiger partial charge on any atom is 0.347 e. The molecule has 1 aromatic carbocycles. The smallest absolute Gasteiger partial charge is 0.347 e. The number of rotatable bonds is 9. The molecular weight excluding hydrogens is 324 g/mol. The van der Waals surface area contributed by atoms with Gasteiger partial charge in [0.1, 0.15) is 5.56 Å². The Morgan fingerprint density at radius 3 is 2.88 bits per heavy atom. The van der Waals surface area contributed by atoms with Crippen LogP contribution in [0, 0.1) is 0 Å². The molecule has 0 aliphatic carbocycles. The predicted molar refractivity (Wildman–Crippen MR) is 91.5 cm³/mol. The van der Waals surface area contributed by atoms with Crippen LogP contribution in [-0.2, 0) is 4.74 Å². The fourth-order valence-electron chi connectivity index (χ4n) is 2.36. The van der Waals surface area contributed by atoms with Crippen molar-refractivity contribution in [3.05, 3.63) is 34.7 Å². The highest BCUT2D eigenvalue weighted by atomic mass is 16.5. The summed E-state index contributed by atoms with van der Waals surface area (Å²) in [6.07, 6.45) is 2.96. The molecule has 0 aliphatic rings. The van der Waals surface area contributed by atoms with Crippen LogP contribution in [0.4, 0.5) is 0 Å². The maximum absolute atomic E-state index is 12.2. The molecule has 0 radical (unpaired) electrons. The summed E-state index contributed by atoms with van der Waals surface area (Å²) in [4.78, 5) is 12.2. The summed E-state index contributed by atoms with van der Waals surface area (Å²) in [5, 5.41) is 14.0. The van der Waals surface area contributed by atoms with Crippen molar-refractivity contribution in [3.63, 3.8) is 0 Å². The summed E-state index contributed by atoms with van der Waals surface area (Å²) in [6, 6.07) is 7.15. The highest BCUT2D eigenvalue weighted by molar-refractivity contribution is 5.85. The van der Waals surface area contributed by atoms with E-state index in [0.717, 1.165) is 31.3 Å². The summed E-state index contributed by atoms with van der Waals surface area (Å²) in [7, 11) is 0. The van der Waals surface area contributed by atoms with E-state index in [1.165, 1.54) is 0 Å². The Balaban J connectivity index is 1.70. The van der Waals surface area contributed by atoms with E-state index in [4.69, 9.17) is 13.9 Å². The van der Waals surface area contributed by atoms with Crippen LogP contribution in [0.15, 0.2) is 33.5 Å². The van der Waals surface area contributed by atoms with Crippen LogP contribution in [0.5, 0.6) is 5.75 Å². The highest BCUT2D eigenvalue weighted by Gasteiger charge is 2.13. The molecule has 0 saturated heterocycles. The molecule has 0 fully saturated rings. The number of nitrogens with zero attached hydrogens (tertiary/aromatic N) is 3. The van der Waals surface area contributed by atoms with Crippen LogP contribution in [0.1, 0.15) is 26.2 Å². The first-order valence-electron chi connectivity index (χ1n) is 8.31. The molecule has 0 amide bonds. The number of hydrogen-bond acceptors (Lipinski definition) is 7.